The van der Waals surface area contributed by atoms with Crippen molar-refractivity contribution in [1.29, 1.82) is 0 Å². The highest BCUT2D eigenvalue weighted by molar-refractivity contribution is 5.65. The maximum absolute atomic E-state index is 13.4. The number of imidazole rings is 1. The van der Waals surface area contributed by atoms with Gasteiger partial charge in [-0.05, 0) is 25.1 Å². The maximum Gasteiger partial charge on any atom is 0.234 e. The number of nitrogens with zero attached hydrogens (tertiary/aromatic N) is 4. The lowest BCUT2D eigenvalue weighted by Crippen LogP contribution is -2.07. The van der Waals surface area contributed by atoms with E-state index in [1.807, 2.05) is 43.3 Å². The molecule has 3 aromatic rings. The number of aromatic nitrogens is 3. The average molecular weight is 270 g/mol. The minimum absolute atomic E-state index is 0.468. The van der Waals surface area contributed by atoms with Crippen LogP contribution in [0.2, 0.25) is 0 Å². The monoisotopic (exact) mass is 270 g/mol. The Hall–Kier alpha value is -2.43. The number of halogens is 1. The topological polar surface area (TPSA) is 33.4 Å². The summed E-state index contributed by atoms with van der Waals surface area (Å²) >= 11 is 0. The van der Waals surface area contributed by atoms with Crippen LogP contribution in [-0.2, 0) is 0 Å². The Balaban J connectivity index is 2.05. The molecule has 102 valence electrons. The Kier molecular flexibility index (Phi) is 2.89. The number of anilines is 1. The SMILES string of the molecule is Cc1cc2nc(-c3ccc(N(C)C)cc3)cn2nc1F. The van der Waals surface area contributed by atoms with Gasteiger partial charge in [0, 0.05) is 30.9 Å². The Morgan fingerprint density at radius 1 is 1.15 bits per heavy atom. The Morgan fingerprint density at radius 3 is 2.50 bits per heavy atom. The molecule has 0 N–H and O–H groups in total. The van der Waals surface area contributed by atoms with Crippen molar-refractivity contribution in [3.05, 3.63) is 48.0 Å². The molecule has 4 nitrogen and oxygen atoms in total. The largest absolute Gasteiger partial charge is 0.378 e. The molecule has 0 atom stereocenters. The first kappa shape index (κ1) is 12.6. The van der Waals surface area contributed by atoms with E-state index in [1.54, 1.807) is 19.2 Å². The van der Waals surface area contributed by atoms with E-state index < -0.39 is 5.95 Å². The summed E-state index contributed by atoms with van der Waals surface area (Å²) in [6, 6.07) is 9.75. The first-order chi connectivity index (χ1) is 9.54. The van der Waals surface area contributed by atoms with Crippen LogP contribution in [0.5, 0.6) is 0 Å². The number of rotatable bonds is 2. The van der Waals surface area contributed by atoms with E-state index in [9.17, 15) is 4.39 Å². The molecule has 0 radical (unpaired) electrons. The van der Waals surface area contributed by atoms with Gasteiger partial charge in [0.2, 0.25) is 5.95 Å². The first-order valence-electron chi connectivity index (χ1n) is 6.35. The van der Waals surface area contributed by atoms with Gasteiger partial charge >= 0.3 is 0 Å². The summed E-state index contributed by atoms with van der Waals surface area (Å²) in [5.74, 6) is -0.468. The van der Waals surface area contributed by atoms with Gasteiger partial charge in [0.25, 0.3) is 0 Å². The van der Waals surface area contributed by atoms with Crippen LogP contribution in [0.4, 0.5) is 10.1 Å². The second-order valence-electron chi connectivity index (χ2n) is 4.99. The molecule has 20 heavy (non-hydrogen) atoms. The molecule has 0 bridgehead atoms. The van der Waals surface area contributed by atoms with Crippen LogP contribution in [0.25, 0.3) is 16.9 Å². The van der Waals surface area contributed by atoms with Crippen molar-refractivity contribution in [2.45, 2.75) is 6.92 Å². The fraction of sp³-hybridized carbons (Fsp3) is 0.200. The molecular formula is C15H15FN4. The lowest BCUT2D eigenvalue weighted by Gasteiger charge is -2.11. The summed E-state index contributed by atoms with van der Waals surface area (Å²) in [6.45, 7) is 1.68. The van der Waals surface area contributed by atoms with Gasteiger partial charge in [-0.25, -0.2) is 9.50 Å². The predicted octanol–water partition coefficient (Wildman–Crippen LogP) is 2.91. The summed E-state index contributed by atoms with van der Waals surface area (Å²) < 4.78 is 14.9. The van der Waals surface area contributed by atoms with E-state index in [-0.39, 0.29) is 0 Å². The fourth-order valence-corrected chi connectivity index (χ4v) is 2.06. The van der Waals surface area contributed by atoms with E-state index in [4.69, 9.17) is 0 Å². The van der Waals surface area contributed by atoms with Crippen LogP contribution in [0.15, 0.2) is 36.5 Å². The van der Waals surface area contributed by atoms with E-state index in [2.05, 4.69) is 10.1 Å². The highest BCUT2D eigenvalue weighted by Gasteiger charge is 2.08. The maximum atomic E-state index is 13.4. The zero-order chi connectivity index (χ0) is 14.3. The van der Waals surface area contributed by atoms with Crippen molar-refractivity contribution in [2.75, 3.05) is 19.0 Å². The molecule has 0 fully saturated rings. The van der Waals surface area contributed by atoms with Gasteiger partial charge < -0.3 is 4.90 Å². The predicted molar refractivity (Wildman–Crippen MR) is 77.4 cm³/mol. The van der Waals surface area contributed by atoms with E-state index >= 15 is 0 Å². The van der Waals surface area contributed by atoms with Gasteiger partial charge in [-0.3, -0.25) is 0 Å². The normalized spacial score (nSPS) is 11.0. The number of hydrogen-bond acceptors (Lipinski definition) is 3. The third-order valence-corrected chi connectivity index (χ3v) is 3.26. The minimum atomic E-state index is -0.468. The van der Waals surface area contributed by atoms with E-state index in [0.717, 1.165) is 16.9 Å². The summed E-state index contributed by atoms with van der Waals surface area (Å²) in [7, 11) is 3.99. The third-order valence-electron chi connectivity index (χ3n) is 3.26. The number of hydrogen-bond donors (Lipinski definition) is 0. The molecule has 2 aromatic heterocycles. The van der Waals surface area contributed by atoms with Crippen molar-refractivity contribution in [3.8, 4) is 11.3 Å². The molecule has 0 unspecified atom stereocenters. The molecule has 0 aliphatic carbocycles. The smallest absolute Gasteiger partial charge is 0.234 e. The zero-order valence-electron chi connectivity index (χ0n) is 11.6. The quantitative estimate of drug-likeness (QED) is 0.718. The molecular weight excluding hydrogens is 255 g/mol. The van der Waals surface area contributed by atoms with Crippen LogP contribution >= 0.6 is 0 Å². The highest BCUT2D eigenvalue weighted by atomic mass is 19.1. The van der Waals surface area contributed by atoms with Crippen LogP contribution in [0.3, 0.4) is 0 Å². The number of fused-ring (bicyclic) bond motifs is 1. The first-order valence-corrected chi connectivity index (χ1v) is 6.35. The second-order valence-corrected chi connectivity index (χ2v) is 4.99. The summed E-state index contributed by atoms with van der Waals surface area (Å²) in [4.78, 5) is 6.52. The highest BCUT2D eigenvalue weighted by Crippen LogP contribution is 2.22. The number of aryl methyl sites for hydroxylation is 1. The minimum Gasteiger partial charge on any atom is -0.378 e. The van der Waals surface area contributed by atoms with Gasteiger partial charge in [0.15, 0.2) is 5.65 Å². The Morgan fingerprint density at radius 2 is 1.85 bits per heavy atom. The molecule has 2 heterocycles. The van der Waals surface area contributed by atoms with Gasteiger partial charge in [0.1, 0.15) is 0 Å². The lowest BCUT2D eigenvalue weighted by molar-refractivity contribution is 0.546. The molecule has 1 aromatic carbocycles. The standard InChI is InChI=1S/C15H15FN4/c1-10-8-14-17-13(9-20(14)18-15(10)16)11-4-6-12(7-5-11)19(2)3/h4-9H,1-3H3. The second kappa shape index (κ2) is 4.59. The third kappa shape index (κ3) is 2.11. The summed E-state index contributed by atoms with van der Waals surface area (Å²) in [5, 5.41) is 3.85. The molecule has 0 spiro atoms. The Bertz CT molecular complexity index is 720. The number of benzene rings is 1. The van der Waals surface area contributed by atoms with Gasteiger partial charge in [-0.15, -0.1) is 5.10 Å². The molecule has 0 aliphatic rings. The van der Waals surface area contributed by atoms with E-state index in [1.165, 1.54) is 4.52 Å². The average Bonchev–Trinajstić information content (AvgIpc) is 2.82. The van der Waals surface area contributed by atoms with Gasteiger partial charge in [-0.1, -0.05) is 12.1 Å². The van der Waals surface area contributed by atoms with Crippen LogP contribution in [0.1, 0.15) is 5.56 Å². The Labute approximate surface area is 116 Å². The molecule has 3 rings (SSSR count). The fourth-order valence-electron chi connectivity index (χ4n) is 2.06. The molecule has 0 saturated heterocycles. The molecule has 0 amide bonds. The van der Waals surface area contributed by atoms with Crippen molar-refractivity contribution >= 4 is 11.3 Å². The van der Waals surface area contributed by atoms with Crippen LogP contribution in [-0.4, -0.2) is 28.7 Å². The van der Waals surface area contributed by atoms with Crippen molar-refractivity contribution in [3.63, 3.8) is 0 Å². The van der Waals surface area contributed by atoms with Gasteiger partial charge in [0.05, 0.1) is 11.9 Å². The molecule has 5 heteroatoms. The molecule has 0 saturated carbocycles. The lowest BCUT2D eigenvalue weighted by atomic mass is 10.1. The van der Waals surface area contributed by atoms with Crippen molar-refractivity contribution in [2.24, 2.45) is 0 Å². The molecule has 0 aliphatic heterocycles. The zero-order valence-corrected chi connectivity index (χ0v) is 11.6. The van der Waals surface area contributed by atoms with Crippen LogP contribution < -0.4 is 4.90 Å². The summed E-state index contributed by atoms with van der Waals surface area (Å²) in [5.41, 5.74) is 4.04. The van der Waals surface area contributed by atoms with Crippen LogP contribution in [0, 0.1) is 12.9 Å². The van der Waals surface area contributed by atoms with Gasteiger partial charge in [-0.2, -0.15) is 4.39 Å². The van der Waals surface area contributed by atoms with Crippen molar-refractivity contribution < 1.29 is 4.39 Å². The van der Waals surface area contributed by atoms with E-state index in [0.29, 0.717) is 11.2 Å². The summed E-state index contributed by atoms with van der Waals surface area (Å²) in [6.07, 6.45) is 1.74. The van der Waals surface area contributed by atoms with Crippen molar-refractivity contribution in [1.82, 2.24) is 14.6 Å².